The number of nitrogen functional groups attached to an aromatic ring is 1. The van der Waals surface area contributed by atoms with Gasteiger partial charge in [0.1, 0.15) is 17.5 Å². The van der Waals surface area contributed by atoms with Crippen molar-refractivity contribution in [3.63, 3.8) is 0 Å². The lowest BCUT2D eigenvalue weighted by Gasteiger charge is -2.10. The molecule has 4 heteroatoms. The van der Waals surface area contributed by atoms with E-state index in [1.165, 1.54) is 4.90 Å². The van der Waals surface area contributed by atoms with Gasteiger partial charge < -0.3 is 5.73 Å². The number of thioether (sulfide) groups is 1. The van der Waals surface area contributed by atoms with Crippen molar-refractivity contribution in [1.82, 2.24) is 4.98 Å². The Hall–Kier alpha value is -2.77. The molecule has 0 fully saturated rings. The molecule has 0 atom stereocenters. The van der Waals surface area contributed by atoms with Crippen LogP contribution in [0.2, 0.25) is 0 Å². The van der Waals surface area contributed by atoms with Gasteiger partial charge in [-0.15, -0.1) is 11.8 Å². The zero-order valence-electron chi connectivity index (χ0n) is 12.7. The molecule has 3 nitrogen and oxygen atoms in total. The monoisotopic (exact) mass is 317 g/mol. The molecule has 3 aromatic rings. The van der Waals surface area contributed by atoms with E-state index < -0.39 is 0 Å². The van der Waals surface area contributed by atoms with Crippen molar-refractivity contribution < 1.29 is 0 Å². The number of anilines is 1. The Kier molecular flexibility index (Phi) is 4.31. The molecule has 1 aromatic heterocycles. The van der Waals surface area contributed by atoms with Crippen LogP contribution >= 0.6 is 11.8 Å². The van der Waals surface area contributed by atoms with Crippen molar-refractivity contribution in [3.8, 4) is 28.5 Å². The molecule has 23 heavy (non-hydrogen) atoms. The maximum Gasteiger partial charge on any atom is 0.142 e. The van der Waals surface area contributed by atoms with E-state index in [1.54, 1.807) is 11.8 Å². The molecular weight excluding hydrogens is 302 g/mol. The molecule has 0 saturated heterocycles. The van der Waals surface area contributed by atoms with Crippen LogP contribution < -0.4 is 5.73 Å². The van der Waals surface area contributed by atoms with Crippen LogP contribution in [0.3, 0.4) is 0 Å². The third-order valence-corrected chi connectivity index (χ3v) is 4.37. The molecule has 0 amide bonds. The maximum atomic E-state index is 9.45. The van der Waals surface area contributed by atoms with Gasteiger partial charge in [0, 0.05) is 16.0 Å². The first-order valence-corrected chi connectivity index (χ1v) is 8.36. The summed E-state index contributed by atoms with van der Waals surface area (Å²) >= 11 is 1.68. The van der Waals surface area contributed by atoms with Crippen molar-refractivity contribution >= 4 is 17.6 Å². The molecule has 0 aliphatic heterocycles. The molecule has 2 N–H and O–H groups in total. The largest absolute Gasteiger partial charge is 0.383 e. The number of pyridine rings is 1. The molecule has 0 aliphatic rings. The van der Waals surface area contributed by atoms with Crippen LogP contribution in [0.4, 0.5) is 5.82 Å². The lowest BCUT2D eigenvalue weighted by atomic mass is 9.98. The number of hydrogen-bond donors (Lipinski definition) is 1. The lowest BCUT2D eigenvalue weighted by Crippen LogP contribution is -1.99. The Morgan fingerprint density at radius 1 is 1.00 bits per heavy atom. The Balaban J connectivity index is 2.18. The first-order chi connectivity index (χ1) is 11.2. The second-order valence-corrected chi connectivity index (χ2v) is 5.90. The van der Waals surface area contributed by atoms with Gasteiger partial charge in [0.05, 0.1) is 5.69 Å². The van der Waals surface area contributed by atoms with Crippen molar-refractivity contribution in [2.24, 2.45) is 0 Å². The predicted octanol–water partition coefficient (Wildman–Crippen LogP) is 4.59. The third-order valence-electron chi connectivity index (χ3n) is 3.63. The SMILES string of the molecule is CSc1ccc(-c2cc(-c3ccccc3)nc(N)c2C#N)cc1. The summed E-state index contributed by atoms with van der Waals surface area (Å²) in [5, 5.41) is 9.45. The molecule has 2 aromatic carbocycles. The Labute approximate surface area is 139 Å². The first-order valence-electron chi connectivity index (χ1n) is 7.13. The van der Waals surface area contributed by atoms with E-state index in [0.29, 0.717) is 5.56 Å². The van der Waals surface area contributed by atoms with E-state index in [1.807, 2.05) is 66.9 Å². The fourth-order valence-corrected chi connectivity index (χ4v) is 2.85. The highest BCUT2D eigenvalue weighted by atomic mass is 32.2. The highest BCUT2D eigenvalue weighted by molar-refractivity contribution is 7.98. The number of nitriles is 1. The molecule has 0 spiro atoms. The zero-order valence-corrected chi connectivity index (χ0v) is 13.5. The van der Waals surface area contributed by atoms with Gasteiger partial charge in [0.15, 0.2) is 0 Å². The van der Waals surface area contributed by atoms with Crippen molar-refractivity contribution in [3.05, 3.63) is 66.2 Å². The maximum absolute atomic E-state index is 9.45. The summed E-state index contributed by atoms with van der Waals surface area (Å²) in [6.07, 6.45) is 2.04. The third kappa shape index (κ3) is 3.05. The van der Waals surface area contributed by atoms with E-state index in [0.717, 1.165) is 22.4 Å². The average Bonchev–Trinajstić information content (AvgIpc) is 2.62. The highest BCUT2D eigenvalue weighted by Gasteiger charge is 2.13. The van der Waals surface area contributed by atoms with E-state index in [2.05, 4.69) is 11.1 Å². The Bertz CT molecular complexity index is 866. The van der Waals surface area contributed by atoms with Gasteiger partial charge in [0.2, 0.25) is 0 Å². The summed E-state index contributed by atoms with van der Waals surface area (Å²) in [6, 6.07) is 22.0. The minimum absolute atomic E-state index is 0.262. The van der Waals surface area contributed by atoms with Gasteiger partial charge in [-0.1, -0.05) is 42.5 Å². The van der Waals surface area contributed by atoms with Gasteiger partial charge >= 0.3 is 0 Å². The lowest BCUT2D eigenvalue weighted by molar-refractivity contribution is 1.31. The fourth-order valence-electron chi connectivity index (χ4n) is 2.44. The van der Waals surface area contributed by atoms with Gasteiger partial charge in [-0.2, -0.15) is 5.26 Å². The molecule has 0 aliphatic carbocycles. The van der Waals surface area contributed by atoms with Crippen LogP contribution in [0.1, 0.15) is 5.56 Å². The average molecular weight is 317 g/mol. The van der Waals surface area contributed by atoms with Gasteiger partial charge in [-0.3, -0.25) is 0 Å². The zero-order chi connectivity index (χ0) is 16.2. The predicted molar refractivity (Wildman–Crippen MR) is 96.0 cm³/mol. The molecule has 112 valence electrons. The summed E-state index contributed by atoms with van der Waals surface area (Å²) in [5.41, 5.74) is 9.97. The highest BCUT2D eigenvalue weighted by Crippen LogP contribution is 2.32. The summed E-state index contributed by atoms with van der Waals surface area (Å²) in [4.78, 5) is 5.56. The van der Waals surface area contributed by atoms with E-state index in [-0.39, 0.29) is 5.82 Å². The summed E-state index contributed by atoms with van der Waals surface area (Å²) in [6.45, 7) is 0. The van der Waals surface area contributed by atoms with E-state index in [9.17, 15) is 5.26 Å². The summed E-state index contributed by atoms with van der Waals surface area (Å²) in [5.74, 6) is 0.262. The molecule has 3 rings (SSSR count). The Morgan fingerprint density at radius 3 is 2.30 bits per heavy atom. The van der Waals surface area contributed by atoms with Crippen molar-refractivity contribution in [2.45, 2.75) is 4.90 Å². The van der Waals surface area contributed by atoms with Crippen LogP contribution in [0.15, 0.2) is 65.6 Å². The molecule has 0 unspecified atom stereocenters. The van der Waals surface area contributed by atoms with E-state index in [4.69, 9.17) is 5.73 Å². The molecule has 0 radical (unpaired) electrons. The van der Waals surface area contributed by atoms with Crippen molar-refractivity contribution in [1.29, 1.82) is 5.26 Å². The van der Waals surface area contributed by atoms with Crippen molar-refractivity contribution in [2.75, 3.05) is 12.0 Å². The second kappa shape index (κ2) is 6.55. The van der Waals surface area contributed by atoms with Crippen LogP contribution in [0, 0.1) is 11.3 Å². The minimum Gasteiger partial charge on any atom is -0.383 e. The number of rotatable bonds is 3. The number of aromatic nitrogens is 1. The fraction of sp³-hybridized carbons (Fsp3) is 0.0526. The van der Waals surface area contributed by atoms with E-state index >= 15 is 0 Å². The quantitative estimate of drug-likeness (QED) is 0.718. The van der Waals surface area contributed by atoms with Crippen LogP contribution in [0.5, 0.6) is 0 Å². The van der Waals surface area contributed by atoms with Gasteiger partial charge in [-0.25, -0.2) is 4.98 Å². The minimum atomic E-state index is 0.262. The standard InChI is InChI=1S/C19H15N3S/c1-23-15-9-7-13(8-10-15)16-11-18(14-5-3-2-4-6-14)22-19(21)17(16)12-20/h2-11H,1H3,(H2,21,22). The molecule has 1 heterocycles. The first kappa shape index (κ1) is 15.1. The number of hydrogen-bond acceptors (Lipinski definition) is 4. The summed E-state index contributed by atoms with van der Waals surface area (Å²) in [7, 11) is 0. The smallest absolute Gasteiger partial charge is 0.142 e. The summed E-state index contributed by atoms with van der Waals surface area (Å²) < 4.78 is 0. The normalized spacial score (nSPS) is 10.3. The molecule has 0 saturated carbocycles. The number of nitrogens with zero attached hydrogens (tertiary/aromatic N) is 2. The topological polar surface area (TPSA) is 62.7 Å². The molecular formula is C19H15N3S. The Morgan fingerprint density at radius 2 is 1.70 bits per heavy atom. The molecule has 0 bridgehead atoms. The van der Waals surface area contributed by atoms with Crippen LogP contribution in [-0.2, 0) is 0 Å². The van der Waals surface area contributed by atoms with Gasteiger partial charge in [0.25, 0.3) is 0 Å². The van der Waals surface area contributed by atoms with Crippen LogP contribution in [0.25, 0.3) is 22.4 Å². The number of benzene rings is 2. The second-order valence-electron chi connectivity index (χ2n) is 5.02. The number of nitrogens with two attached hydrogens (primary N) is 1. The van der Waals surface area contributed by atoms with Gasteiger partial charge in [-0.05, 0) is 30.0 Å². The van der Waals surface area contributed by atoms with Crippen LogP contribution in [-0.4, -0.2) is 11.2 Å².